The molecule has 1 aromatic rings. The summed E-state index contributed by atoms with van der Waals surface area (Å²) >= 11 is 0. The van der Waals surface area contributed by atoms with Crippen LogP contribution in [-0.4, -0.2) is 19.7 Å². The Kier molecular flexibility index (Phi) is 4.80. The molecule has 2 rings (SSSR count). The van der Waals surface area contributed by atoms with Gasteiger partial charge in [-0.05, 0) is 18.1 Å². The third-order valence-electron chi connectivity index (χ3n) is 2.52. The maximum Gasteiger partial charge on any atom is 1.00 e. The normalized spacial score (nSPS) is 18.2. The van der Waals surface area contributed by atoms with Crippen molar-refractivity contribution in [2.24, 2.45) is 0 Å². The summed E-state index contributed by atoms with van der Waals surface area (Å²) in [5, 5.41) is 10.8. The first-order valence-electron chi connectivity index (χ1n) is 4.72. The second-order valence-electron chi connectivity index (χ2n) is 3.35. The average molecular weight is 230 g/mol. The van der Waals surface area contributed by atoms with Crippen molar-refractivity contribution in [2.45, 2.75) is 12.5 Å². The number of carboxylic acid groups (broad SMARTS) is 1. The first-order chi connectivity index (χ1) is 7.24. The molecule has 0 aliphatic carbocycles. The van der Waals surface area contributed by atoms with E-state index in [9.17, 15) is 9.90 Å². The van der Waals surface area contributed by atoms with E-state index < -0.39 is 12.1 Å². The van der Waals surface area contributed by atoms with Crippen LogP contribution in [-0.2, 0) is 16.0 Å². The van der Waals surface area contributed by atoms with Crippen LogP contribution in [0.1, 0.15) is 17.2 Å². The summed E-state index contributed by atoms with van der Waals surface area (Å²) in [5.74, 6) is -0.494. The Labute approximate surface area is 116 Å². The number of hydrogen-bond donors (Lipinski definition) is 0. The van der Waals surface area contributed by atoms with E-state index >= 15 is 0 Å². The van der Waals surface area contributed by atoms with E-state index in [4.69, 9.17) is 9.47 Å². The molecule has 0 unspecified atom stereocenters. The van der Waals surface area contributed by atoms with E-state index in [2.05, 4.69) is 0 Å². The molecule has 0 saturated heterocycles. The van der Waals surface area contributed by atoms with Crippen LogP contribution < -0.4 is 39.4 Å². The Morgan fingerprint density at radius 3 is 2.94 bits per heavy atom. The van der Waals surface area contributed by atoms with E-state index in [1.807, 2.05) is 6.07 Å². The van der Waals surface area contributed by atoms with Gasteiger partial charge in [-0.1, -0.05) is 12.1 Å². The van der Waals surface area contributed by atoms with Gasteiger partial charge in [0.25, 0.3) is 0 Å². The zero-order valence-corrected chi connectivity index (χ0v) is 11.4. The summed E-state index contributed by atoms with van der Waals surface area (Å²) in [6.07, 6.45) is -0.299. The van der Waals surface area contributed by atoms with Gasteiger partial charge in [0, 0.05) is 5.56 Å². The van der Waals surface area contributed by atoms with Gasteiger partial charge in [0.05, 0.1) is 19.7 Å². The number of benzene rings is 1. The van der Waals surface area contributed by atoms with Gasteiger partial charge < -0.3 is 19.4 Å². The number of aliphatic carboxylic acids is 1. The van der Waals surface area contributed by atoms with Gasteiger partial charge in [0.15, 0.2) is 0 Å². The monoisotopic (exact) mass is 230 g/mol. The van der Waals surface area contributed by atoms with E-state index in [0.29, 0.717) is 24.3 Å². The smallest absolute Gasteiger partial charge is 0.547 e. The van der Waals surface area contributed by atoms with Crippen molar-refractivity contribution in [2.75, 3.05) is 13.7 Å². The van der Waals surface area contributed by atoms with Crippen LogP contribution in [0.25, 0.3) is 0 Å². The number of carboxylic acids is 1. The molecule has 0 amide bonds. The largest absolute Gasteiger partial charge is 1.00 e. The molecule has 16 heavy (non-hydrogen) atoms. The Morgan fingerprint density at radius 2 is 2.31 bits per heavy atom. The minimum Gasteiger partial charge on any atom is -0.547 e. The number of carbonyl (C=O) groups excluding carboxylic acids is 1. The maximum atomic E-state index is 10.8. The summed E-state index contributed by atoms with van der Waals surface area (Å²) in [4.78, 5) is 10.8. The van der Waals surface area contributed by atoms with E-state index in [-0.39, 0.29) is 29.6 Å². The molecule has 1 aliphatic rings. The van der Waals surface area contributed by atoms with E-state index in [1.165, 1.54) is 0 Å². The molecule has 0 radical (unpaired) electrons. The second-order valence-corrected chi connectivity index (χ2v) is 3.35. The number of fused-ring (bicyclic) bond motifs is 1. The summed E-state index contributed by atoms with van der Waals surface area (Å²) < 4.78 is 10.3. The quantitative estimate of drug-likeness (QED) is 0.510. The molecule has 1 aromatic carbocycles. The predicted molar refractivity (Wildman–Crippen MR) is 50.4 cm³/mol. The van der Waals surface area contributed by atoms with Gasteiger partial charge in [-0.3, -0.25) is 0 Å². The molecule has 4 nitrogen and oxygen atoms in total. The zero-order valence-electron chi connectivity index (χ0n) is 9.36. The Balaban J connectivity index is 0.00000128. The molecule has 80 valence electrons. The number of ether oxygens (including phenoxy) is 2. The van der Waals surface area contributed by atoms with Crippen molar-refractivity contribution >= 4 is 5.97 Å². The van der Waals surface area contributed by atoms with Crippen LogP contribution in [0.2, 0.25) is 0 Å². The van der Waals surface area contributed by atoms with Crippen LogP contribution in [0.3, 0.4) is 0 Å². The van der Waals surface area contributed by atoms with Crippen molar-refractivity contribution in [1.29, 1.82) is 0 Å². The SMILES string of the molecule is COc1cccc2c1CCO[C@@H]2C(=O)[O-].[Na+]. The van der Waals surface area contributed by atoms with Gasteiger partial charge in [-0.25, -0.2) is 0 Å². The molecule has 0 N–H and O–H groups in total. The standard InChI is InChI=1S/C11H12O4.Na/c1-14-9-4-2-3-8-7(9)5-6-15-10(8)11(12)13;/h2-4,10H,5-6H2,1H3,(H,12,13);/q;+1/p-1/t10-;/m0./s1. The molecule has 0 bridgehead atoms. The zero-order chi connectivity index (χ0) is 10.8. The van der Waals surface area contributed by atoms with Crippen molar-refractivity contribution in [3.8, 4) is 5.75 Å². The number of methoxy groups -OCH3 is 1. The Hall–Kier alpha value is -0.550. The van der Waals surface area contributed by atoms with Crippen LogP contribution >= 0.6 is 0 Å². The molecular weight excluding hydrogens is 219 g/mol. The summed E-state index contributed by atoms with van der Waals surface area (Å²) in [6.45, 7) is 0.381. The van der Waals surface area contributed by atoms with Crippen molar-refractivity contribution in [3.63, 3.8) is 0 Å². The van der Waals surface area contributed by atoms with Gasteiger partial charge in [-0.15, -0.1) is 0 Å². The molecule has 0 spiro atoms. The molecule has 1 aliphatic heterocycles. The van der Waals surface area contributed by atoms with Gasteiger partial charge in [0.2, 0.25) is 0 Å². The Bertz CT molecular complexity index is 392. The summed E-state index contributed by atoms with van der Waals surface area (Å²) in [5.41, 5.74) is 1.54. The predicted octanol–water partition coefficient (Wildman–Crippen LogP) is -2.94. The molecule has 1 heterocycles. The first-order valence-corrected chi connectivity index (χ1v) is 4.72. The van der Waals surface area contributed by atoms with Gasteiger partial charge in [-0.2, -0.15) is 0 Å². The van der Waals surface area contributed by atoms with Crippen LogP contribution in [0.5, 0.6) is 5.75 Å². The van der Waals surface area contributed by atoms with E-state index in [1.54, 1.807) is 19.2 Å². The minimum atomic E-state index is -1.20. The second kappa shape index (κ2) is 5.68. The molecular formula is C11H11NaO4. The van der Waals surface area contributed by atoms with Crippen molar-refractivity contribution in [3.05, 3.63) is 29.3 Å². The van der Waals surface area contributed by atoms with E-state index in [0.717, 1.165) is 5.56 Å². The van der Waals surface area contributed by atoms with Crippen LogP contribution in [0.15, 0.2) is 18.2 Å². The third-order valence-corrected chi connectivity index (χ3v) is 2.52. The third kappa shape index (κ3) is 2.40. The number of hydrogen-bond acceptors (Lipinski definition) is 4. The fourth-order valence-electron chi connectivity index (χ4n) is 1.85. The summed E-state index contributed by atoms with van der Waals surface area (Å²) in [6, 6.07) is 5.30. The maximum absolute atomic E-state index is 10.8. The number of carbonyl (C=O) groups is 1. The first kappa shape index (κ1) is 13.5. The van der Waals surface area contributed by atoms with Gasteiger partial charge >= 0.3 is 29.6 Å². The van der Waals surface area contributed by atoms with Gasteiger partial charge in [0.1, 0.15) is 11.9 Å². The van der Waals surface area contributed by atoms with Crippen molar-refractivity contribution in [1.82, 2.24) is 0 Å². The topological polar surface area (TPSA) is 58.6 Å². The van der Waals surface area contributed by atoms with Crippen molar-refractivity contribution < 1.29 is 48.9 Å². The fraction of sp³-hybridized carbons (Fsp3) is 0.364. The molecule has 5 heteroatoms. The molecule has 0 fully saturated rings. The molecule has 0 aromatic heterocycles. The summed E-state index contributed by atoms with van der Waals surface area (Å²) in [7, 11) is 1.57. The fourth-order valence-corrected chi connectivity index (χ4v) is 1.85. The average Bonchev–Trinajstić information content (AvgIpc) is 2.27. The minimum absolute atomic E-state index is 0. The Morgan fingerprint density at radius 1 is 1.56 bits per heavy atom. The molecule has 0 saturated carbocycles. The van der Waals surface area contributed by atoms with Crippen LogP contribution in [0.4, 0.5) is 0 Å². The number of rotatable bonds is 2. The molecule has 1 atom stereocenters. The van der Waals surface area contributed by atoms with Crippen LogP contribution in [0, 0.1) is 0 Å².